The van der Waals surface area contributed by atoms with E-state index in [1.807, 2.05) is 36.2 Å². The number of rotatable bonds is 4. The Balaban J connectivity index is 2.23. The molecule has 0 saturated carbocycles. The van der Waals surface area contributed by atoms with Gasteiger partial charge in [0.2, 0.25) is 5.95 Å². The van der Waals surface area contributed by atoms with Gasteiger partial charge in [-0.05, 0) is 32.0 Å². The Hall–Kier alpha value is -2.10. The lowest BCUT2D eigenvalue weighted by Crippen LogP contribution is -2.16. The van der Waals surface area contributed by atoms with Gasteiger partial charge in [-0.1, -0.05) is 18.2 Å². The Bertz CT molecular complexity index is 496. The van der Waals surface area contributed by atoms with Crippen molar-refractivity contribution in [1.82, 2.24) is 9.97 Å². The Kier molecular flexibility index (Phi) is 3.77. The molecule has 2 rings (SSSR count). The summed E-state index contributed by atoms with van der Waals surface area (Å²) < 4.78 is 0. The van der Waals surface area contributed by atoms with E-state index in [4.69, 9.17) is 0 Å². The zero-order valence-electron chi connectivity index (χ0n) is 11.0. The average Bonchev–Trinajstić information content (AvgIpc) is 2.38. The van der Waals surface area contributed by atoms with Gasteiger partial charge >= 0.3 is 0 Å². The van der Waals surface area contributed by atoms with Crippen LogP contribution < -0.4 is 10.2 Å². The molecule has 0 fully saturated rings. The highest BCUT2D eigenvalue weighted by molar-refractivity contribution is 5.59. The number of hydrogen-bond donors (Lipinski definition) is 1. The van der Waals surface area contributed by atoms with Gasteiger partial charge < -0.3 is 10.2 Å². The number of nitrogens with zero attached hydrogens (tertiary/aromatic N) is 3. The first-order chi connectivity index (χ1) is 8.66. The Labute approximate surface area is 108 Å². The van der Waals surface area contributed by atoms with Crippen molar-refractivity contribution in [3.63, 3.8) is 0 Å². The zero-order valence-corrected chi connectivity index (χ0v) is 11.0. The molecule has 0 aliphatic carbocycles. The van der Waals surface area contributed by atoms with Crippen LogP contribution in [0.5, 0.6) is 0 Å². The van der Waals surface area contributed by atoms with Crippen LogP contribution >= 0.6 is 0 Å². The number of para-hydroxylation sites is 1. The summed E-state index contributed by atoms with van der Waals surface area (Å²) in [5, 5.41) is 3.20. The molecule has 0 bridgehead atoms. The highest BCUT2D eigenvalue weighted by atomic mass is 15.2. The second kappa shape index (κ2) is 5.49. The maximum absolute atomic E-state index is 4.49. The van der Waals surface area contributed by atoms with Crippen LogP contribution in [0.2, 0.25) is 0 Å². The van der Waals surface area contributed by atoms with Gasteiger partial charge in [0.15, 0.2) is 0 Å². The molecular formula is C14H18N4. The van der Waals surface area contributed by atoms with Crippen LogP contribution in [-0.4, -0.2) is 23.1 Å². The van der Waals surface area contributed by atoms with E-state index in [1.165, 1.54) is 0 Å². The van der Waals surface area contributed by atoms with Crippen molar-refractivity contribution in [2.45, 2.75) is 19.9 Å². The zero-order chi connectivity index (χ0) is 13.0. The molecule has 0 atom stereocenters. The number of aromatic nitrogens is 2. The predicted molar refractivity (Wildman–Crippen MR) is 75.3 cm³/mol. The molecule has 18 heavy (non-hydrogen) atoms. The third-order valence-corrected chi connectivity index (χ3v) is 2.55. The van der Waals surface area contributed by atoms with Crippen molar-refractivity contribution in [1.29, 1.82) is 0 Å². The summed E-state index contributed by atoms with van der Waals surface area (Å²) in [5.74, 6) is 1.53. The Morgan fingerprint density at radius 2 is 1.83 bits per heavy atom. The predicted octanol–water partition coefficient (Wildman–Crippen LogP) is 3.06. The number of hydrogen-bond acceptors (Lipinski definition) is 4. The quantitative estimate of drug-likeness (QED) is 0.894. The fraction of sp³-hybridized carbons (Fsp3) is 0.286. The number of anilines is 3. The van der Waals surface area contributed by atoms with Crippen LogP contribution in [0.25, 0.3) is 0 Å². The molecular weight excluding hydrogens is 224 g/mol. The van der Waals surface area contributed by atoms with Crippen molar-refractivity contribution in [2.75, 3.05) is 17.3 Å². The van der Waals surface area contributed by atoms with E-state index in [0.717, 1.165) is 11.5 Å². The van der Waals surface area contributed by atoms with Gasteiger partial charge in [-0.3, -0.25) is 0 Å². The normalized spacial score (nSPS) is 10.4. The summed E-state index contributed by atoms with van der Waals surface area (Å²) in [5.41, 5.74) is 1.10. The van der Waals surface area contributed by atoms with Gasteiger partial charge in [-0.15, -0.1) is 0 Å². The van der Waals surface area contributed by atoms with E-state index in [9.17, 15) is 0 Å². The SMILES string of the molecule is CC(C)Nc1nccc(N(C)c2ccccc2)n1. The van der Waals surface area contributed by atoms with Crippen molar-refractivity contribution in [2.24, 2.45) is 0 Å². The van der Waals surface area contributed by atoms with Crippen LogP contribution in [0.1, 0.15) is 13.8 Å². The minimum atomic E-state index is 0.322. The molecule has 0 aliphatic heterocycles. The fourth-order valence-corrected chi connectivity index (χ4v) is 1.65. The summed E-state index contributed by atoms with van der Waals surface area (Å²) >= 11 is 0. The van der Waals surface area contributed by atoms with E-state index < -0.39 is 0 Å². The lowest BCUT2D eigenvalue weighted by Gasteiger charge is -2.19. The van der Waals surface area contributed by atoms with Gasteiger partial charge in [0.1, 0.15) is 5.82 Å². The van der Waals surface area contributed by atoms with Crippen molar-refractivity contribution >= 4 is 17.5 Å². The lowest BCUT2D eigenvalue weighted by molar-refractivity contribution is 0.872. The Morgan fingerprint density at radius 3 is 2.50 bits per heavy atom. The van der Waals surface area contributed by atoms with Crippen LogP contribution in [0, 0.1) is 0 Å². The second-order valence-corrected chi connectivity index (χ2v) is 4.43. The van der Waals surface area contributed by atoms with Crippen LogP contribution in [-0.2, 0) is 0 Å². The first-order valence-corrected chi connectivity index (χ1v) is 6.05. The molecule has 0 amide bonds. The van der Waals surface area contributed by atoms with Gasteiger partial charge in [0.05, 0.1) is 0 Å². The molecule has 0 saturated heterocycles. The molecule has 1 N–H and O–H groups in total. The summed E-state index contributed by atoms with van der Waals surface area (Å²) in [6.45, 7) is 4.13. The Morgan fingerprint density at radius 1 is 1.11 bits per heavy atom. The minimum Gasteiger partial charge on any atom is -0.352 e. The molecule has 4 heteroatoms. The van der Waals surface area contributed by atoms with Crippen LogP contribution in [0.4, 0.5) is 17.5 Å². The molecule has 94 valence electrons. The van der Waals surface area contributed by atoms with Gasteiger partial charge in [0, 0.05) is 25.0 Å². The third-order valence-electron chi connectivity index (χ3n) is 2.55. The molecule has 2 aromatic rings. The van der Waals surface area contributed by atoms with Gasteiger partial charge in [-0.2, -0.15) is 4.98 Å². The monoisotopic (exact) mass is 242 g/mol. The maximum atomic E-state index is 4.49. The van der Waals surface area contributed by atoms with Crippen molar-refractivity contribution in [3.8, 4) is 0 Å². The standard InChI is InChI=1S/C14H18N4/c1-11(2)16-14-15-10-9-13(17-14)18(3)12-7-5-4-6-8-12/h4-11H,1-3H3,(H,15,16,17). The first-order valence-electron chi connectivity index (χ1n) is 6.05. The summed E-state index contributed by atoms with van der Waals surface area (Å²) in [7, 11) is 2.00. The summed E-state index contributed by atoms with van der Waals surface area (Å²) in [6, 6.07) is 12.4. The van der Waals surface area contributed by atoms with Crippen LogP contribution in [0.15, 0.2) is 42.6 Å². The fourth-order valence-electron chi connectivity index (χ4n) is 1.65. The molecule has 1 aromatic heterocycles. The summed E-state index contributed by atoms with van der Waals surface area (Å²) in [4.78, 5) is 10.7. The van der Waals surface area contributed by atoms with E-state index in [1.54, 1.807) is 6.20 Å². The lowest BCUT2D eigenvalue weighted by atomic mass is 10.3. The largest absolute Gasteiger partial charge is 0.352 e. The van der Waals surface area contributed by atoms with Crippen molar-refractivity contribution < 1.29 is 0 Å². The molecule has 0 aliphatic rings. The number of benzene rings is 1. The van der Waals surface area contributed by atoms with Gasteiger partial charge in [-0.25, -0.2) is 4.98 Å². The molecule has 1 heterocycles. The third kappa shape index (κ3) is 2.97. The topological polar surface area (TPSA) is 41.1 Å². The maximum Gasteiger partial charge on any atom is 0.224 e. The van der Waals surface area contributed by atoms with E-state index in [-0.39, 0.29) is 0 Å². The van der Waals surface area contributed by atoms with Gasteiger partial charge in [0.25, 0.3) is 0 Å². The molecule has 0 spiro atoms. The highest BCUT2D eigenvalue weighted by Gasteiger charge is 2.06. The minimum absolute atomic E-state index is 0.322. The summed E-state index contributed by atoms with van der Waals surface area (Å²) in [6.07, 6.45) is 1.77. The molecule has 4 nitrogen and oxygen atoms in total. The molecule has 1 aromatic carbocycles. The molecule has 0 radical (unpaired) electrons. The first kappa shape index (κ1) is 12.4. The van der Waals surface area contributed by atoms with E-state index in [0.29, 0.717) is 12.0 Å². The highest BCUT2D eigenvalue weighted by Crippen LogP contribution is 2.21. The van der Waals surface area contributed by atoms with Crippen LogP contribution in [0.3, 0.4) is 0 Å². The average molecular weight is 242 g/mol. The van der Waals surface area contributed by atoms with E-state index in [2.05, 4.69) is 41.3 Å². The number of nitrogens with one attached hydrogen (secondary N) is 1. The van der Waals surface area contributed by atoms with Crippen molar-refractivity contribution in [3.05, 3.63) is 42.6 Å². The second-order valence-electron chi connectivity index (χ2n) is 4.43. The molecule has 0 unspecified atom stereocenters. The van der Waals surface area contributed by atoms with E-state index >= 15 is 0 Å². The smallest absolute Gasteiger partial charge is 0.224 e.